The van der Waals surface area contributed by atoms with Gasteiger partial charge in [0, 0.05) is 5.56 Å². The first-order chi connectivity index (χ1) is 14.5. The van der Waals surface area contributed by atoms with Crippen molar-refractivity contribution in [2.75, 3.05) is 23.7 Å². The third-order valence-electron chi connectivity index (χ3n) is 4.14. The van der Waals surface area contributed by atoms with Crippen LogP contribution in [0.25, 0.3) is 0 Å². The highest BCUT2D eigenvalue weighted by molar-refractivity contribution is 5.98. The summed E-state index contributed by atoms with van der Waals surface area (Å²) in [5, 5.41) is 0. The van der Waals surface area contributed by atoms with Gasteiger partial charge in [-0.3, -0.25) is 31.3 Å². The van der Waals surface area contributed by atoms with Gasteiger partial charge in [0.25, 0.3) is 11.8 Å². The molecule has 30 heavy (non-hydrogen) atoms. The van der Waals surface area contributed by atoms with Gasteiger partial charge in [-0.1, -0.05) is 29.8 Å². The standard InChI is InChI=1S/C20H21N7O3/c1-12-7-9-13(10-8-12)19(28)26-24-17-16(21)18(23-11-22-17)25-27-20(29)14-5-3-4-6-15(14)30-2/h3-11H,21H2,1-2H3,(H,26,28)(H,27,29)(H2,22,23,24,25). The molecule has 0 atom stereocenters. The van der Waals surface area contributed by atoms with Crippen LogP contribution in [0.3, 0.4) is 0 Å². The van der Waals surface area contributed by atoms with Gasteiger partial charge in [-0.25, -0.2) is 9.97 Å². The zero-order valence-corrected chi connectivity index (χ0v) is 16.4. The van der Waals surface area contributed by atoms with E-state index in [9.17, 15) is 9.59 Å². The number of carbonyl (C=O) groups excluding carboxylic acids is 2. The molecular weight excluding hydrogens is 386 g/mol. The van der Waals surface area contributed by atoms with E-state index in [4.69, 9.17) is 10.5 Å². The van der Waals surface area contributed by atoms with E-state index in [-0.39, 0.29) is 23.2 Å². The predicted molar refractivity (Wildman–Crippen MR) is 113 cm³/mol. The number of aromatic nitrogens is 2. The number of aryl methyl sites for hydroxylation is 1. The molecule has 0 saturated heterocycles. The van der Waals surface area contributed by atoms with E-state index in [1.165, 1.54) is 13.4 Å². The summed E-state index contributed by atoms with van der Waals surface area (Å²) in [7, 11) is 1.48. The molecule has 2 aromatic carbocycles. The molecule has 6 N–H and O–H groups in total. The average molecular weight is 407 g/mol. The number of ether oxygens (including phenoxy) is 1. The summed E-state index contributed by atoms with van der Waals surface area (Å²) >= 11 is 0. The fraction of sp³-hybridized carbons (Fsp3) is 0.100. The molecule has 0 saturated carbocycles. The first kappa shape index (κ1) is 20.4. The normalized spacial score (nSPS) is 10.1. The van der Waals surface area contributed by atoms with Gasteiger partial charge in [-0.2, -0.15) is 0 Å². The summed E-state index contributed by atoms with van der Waals surface area (Å²) in [6, 6.07) is 13.8. The number of anilines is 3. The van der Waals surface area contributed by atoms with Crippen LogP contribution in [0.2, 0.25) is 0 Å². The van der Waals surface area contributed by atoms with Crippen LogP contribution in [0.5, 0.6) is 5.75 Å². The Morgan fingerprint density at radius 1 is 0.900 bits per heavy atom. The van der Waals surface area contributed by atoms with Crippen LogP contribution < -0.4 is 32.2 Å². The molecule has 10 nitrogen and oxygen atoms in total. The van der Waals surface area contributed by atoms with E-state index in [2.05, 4.69) is 31.7 Å². The Labute approximate surface area is 172 Å². The molecule has 3 aromatic rings. The maximum atomic E-state index is 12.4. The highest BCUT2D eigenvalue weighted by Gasteiger charge is 2.14. The SMILES string of the molecule is COc1ccccc1C(=O)NNc1ncnc(NNC(=O)c2ccc(C)cc2)c1N. The summed E-state index contributed by atoms with van der Waals surface area (Å²) in [6.07, 6.45) is 1.23. The summed E-state index contributed by atoms with van der Waals surface area (Å²) in [6.45, 7) is 1.93. The molecule has 0 bridgehead atoms. The molecule has 0 aliphatic heterocycles. The van der Waals surface area contributed by atoms with Gasteiger partial charge in [0.1, 0.15) is 17.8 Å². The Morgan fingerprint density at radius 2 is 1.50 bits per heavy atom. The molecule has 0 radical (unpaired) electrons. The number of hydrogen-bond acceptors (Lipinski definition) is 8. The van der Waals surface area contributed by atoms with Gasteiger partial charge in [-0.15, -0.1) is 0 Å². The fourth-order valence-electron chi connectivity index (χ4n) is 2.50. The summed E-state index contributed by atoms with van der Waals surface area (Å²) < 4.78 is 5.17. The number of nitrogens with zero attached hydrogens (tertiary/aromatic N) is 2. The number of hydrogen-bond donors (Lipinski definition) is 5. The minimum absolute atomic E-state index is 0.0991. The number of nitrogen functional groups attached to an aromatic ring is 1. The largest absolute Gasteiger partial charge is 0.496 e. The highest BCUT2D eigenvalue weighted by atomic mass is 16.5. The van der Waals surface area contributed by atoms with Crippen molar-refractivity contribution >= 4 is 29.1 Å². The molecule has 10 heteroatoms. The van der Waals surface area contributed by atoms with Crippen molar-refractivity contribution in [3.63, 3.8) is 0 Å². The van der Waals surface area contributed by atoms with Crippen LogP contribution in [-0.4, -0.2) is 28.9 Å². The summed E-state index contributed by atoms with van der Waals surface area (Å²) in [5.41, 5.74) is 18.3. The van der Waals surface area contributed by atoms with E-state index in [0.29, 0.717) is 16.9 Å². The van der Waals surface area contributed by atoms with Crippen molar-refractivity contribution in [3.8, 4) is 5.75 Å². The third-order valence-corrected chi connectivity index (χ3v) is 4.14. The van der Waals surface area contributed by atoms with Crippen molar-refractivity contribution in [1.82, 2.24) is 20.8 Å². The highest BCUT2D eigenvalue weighted by Crippen LogP contribution is 2.22. The molecule has 154 valence electrons. The Balaban J connectivity index is 1.64. The molecule has 0 spiro atoms. The second-order valence-electron chi connectivity index (χ2n) is 6.21. The van der Waals surface area contributed by atoms with E-state index in [1.807, 2.05) is 19.1 Å². The zero-order valence-electron chi connectivity index (χ0n) is 16.4. The lowest BCUT2D eigenvalue weighted by Crippen LogP contribution is -2.32. The maximum absolute atomic E-state index is 12.4. The molecular formula is C20H21N7O3. The van der Waals surface area contributed by atoms with E-state index < -0.39 is 5.91 Å². The molecule has 0 fully saturated rings. The van der Waals surface area contributed by atoms with Crippen LogP contribution in [0.15, 0.2) is 54.9 Å². The van der Waals surface area contributed by atoms with E-state index in [1.54, 1.807) is 36.4 Å². The number of rotatable bonds is 7. The lowest BCUT2D eigenvalue weighted by Gasteiger charge is -2.14. The van der Waals surface area contributed by atoms with Crippen LogP contribution in [0.4, 0.5) is 17.3 Å². The number of benzene rings is 2. The number of nitrogens with two attached hydrogens (primary N) is 1. The van der Waals surface area contributed by atoms with Crippen molar-refractivity contribution in [2.45, 2.75) is 6.92 Å². The topological polar surface area (TPSA) is 143 Å². The predicted octanol–water partition coefficient (Wildman–Crippen LogP) is 1.89. The number of nitrogens with one attached hydrogen (secondary N) is 4. The monoisotopic (exact) mass is 407 g/mol. The molecule has 2 amide bonds. The summed E-state index contributed by atoms with van der Waals surface area (Å²) in [4.78, 5) is 32.6. The first-order valence-corrected chi connectivity index (χ1v) is 8.92. The quantitative estimate of drug-likeness (QED) is 0.374. The third kappa shape index (κ3) is 4.73. The first-order valence-electron chi connectivity index (χ1n) is 8.92. The molecule has 3 rings (SSSR count). The minimum Gasteiger partial charge on any atom is -0.496 e. The Bertz CT molecular complexity index is 1050. The van der Waals surface area contributed by atoms with Crippen LogP contribution in [0.1, 0.15) is 26.3 Å². The lowest BCUT2D eigenvalue weighted by atomic mass is 10.1. The smallest absolute Gasteiger partial charge is 0.273 e. The Morgan fingerprint density at radius 3 is 2.13 bits per heavy atom. The second kappa shape index (κ2) is 9.24. The number of methoxy groups -OCH3 is 1. The van der Waals surface area contributed by atoms with Crippen LogP contribution in [-0.2, 0) is 0 Å². The second-order valence-corrected chi connectivity index (χ2v) is 6.21. The van der Waals surface area contributed by atoms with Crippen LogP contribution >= 0.6 is 0 Å². The Hall–Kier alpha value is -4.34. The lowest BCUT2D eigenvalue weighted by molar-refractivity contribution is 0.0953. The number of hydrazine groups is 2. The molecule has 0 aliphatic carbocycles. The number of carbonyl (C=O) groups is 2. The molecule has 0 unspecified atom stereocenters. The Kier molecular flexibility index (Phi) is 6.28. The van der Waals surface area contributed by atoms with Crippen molar-refractivity contribution in [1.29, 1.82) is 0 Å². The van der Waals surface area contributed by atoms with Gasteiger partial charge in [0.15, 0.2) is 11.6 Å². The van der Waals surface area contributed by atoms with Gasteiger partial charge < -0.3 is 10.5 Å². The van der Waals surface area contributed by atoms with Crippen molar-refractivity contribution in [2.24, 2.45) is 0 Å². The number of amides is 2. The van der Waals surface area contributed by atoms with Gasteiger partial charge in [0.2, 0.25) is 0 Å². The van der Waals surface area contributed by atoms with E-state index in [0.717, 1.165) is 5.56 Å². The van der Waals surface area contributed by atoms with Crippen LogP contribution in [0, 0.1) is 6.92 Å². The molecule has 1 heterocycles. The molecule has 1 aromatic heterocycles. The van der Waals surface area contributed by atoms with E-state index >= 15 is 0 Å². The van der Waals surface area contributed by atoms with Crippen molar-refractivity contribution in [3.05, 3.63) is 71.5 Å². The molecule has 0 aliphatic rings. The zero-order chi connectivity index (χ0) is 21.5. The fourth-order valence-corrected chi connectivity index (χ4v) is 2.50. The van der Waals surface area contributed by atoms with Crippen molar-refractivity contribution < 1.29 is 14.3 Å². The maximum Gasteiger partial charge on any atom is 0.273 e. The van der Waals surface area contributed by atoms with Gasteiger partial charge in [-0.05, 0) is 31.2 Å². The number of para-hydroxylation sites is 1. The minimum atomic E-state index is -0.437. The van der Waals surface area contributed by atoms with Gasteiger partial charge >= 0.3 is 0 Å². The van der Waals surface area contributed by atoms with Gasteiger partial charge in [0.05, 0.1) is 12.7 Å². The average Bonchev–Trinajstić information content (AvgIpc) is 2.77. The summed E-state index contributed by atoms with van der Waals surface area (Å²) in [5.74, 6) is -0.0480.